The van der Waals surface area contributed by atoms with Gasteiger partial charge in [0.15, 0.2) is 6.61 Å². The van der Waals surface area contributed by atoms with Gasteiger partial charge in [0.2, 0.25) is 11.8 Å². The van der Waals surface area contributed by atoms with E-state index >= 15 is 0 Å². The van der Waals surface area contributed by atoms with Crippen LogP contribution in [0.5, 0.6) is 17.8 Å². The van der Waals surface area contributed by atoms with Crippen molar-refractivity contribution in [2.24, 2.45) is 0 Å². The number of hydrogen-bond acceptors (Lipinski definition) is 9. The number of nitrogens with one attached hydrogen (secondary N) is 1. The second kappa shape index (κ2) is 17.2. The number of rotatable bonds is 11. The Balaban J connectivity index is 0.00000281. The van der Waals surface area contributed by atoms with E-state index in [1.165, 1.54) is 13.3 Å². The molecule has 11 nitrogen and oxygen atoms in total. The third kappa shape index (κ3) is 8.97. The number of aromatic nitrogens is 4. The summed E-state index contributed by atoms with van der Waals surface area (Å²) >= 11 is 0. The molecular formula is C34H40Cl2F3N7O4. The summed E-state index contributed by atoms with van der Waals surface area (Å²) in [5, 5.41) is 6.66. The van der Waals surface area contributed by atoms with Crippen LogP contribution in [0.3, 0.4) is 0 Å². The summed E-state index contributed by atoms with van der Waals surface area (Å²) in [6.45, 7) is 3.30. The Bertz CT molecular complexity index is 1620. The zero-order chi connectivity index (χ0) is 33.7. The average molecular weight is 739 g/mol. The van der Waals surface area contributed by atoms with Gasteiger partial charge in [0.25, 0.3) is 5.91 Å². The first-order chi connectivity index (χ1) is 23.2. The summed E-state index contributed by atoms with van der Waals surface area (Å²) < 4.78 is 56.2. The van der Waals surface area contributed by atoms with Crippen molar-refractivity contribution in [2.45, 2.75) is 37.6 Å². The molecule has 2 aliphatic heterocycles. The van der Waals surface area contributed by atoms with Crippen molar-refractivity contribution in [1.29, 1.82) is 0 Å². The van der Waals surface area contributed by atoms with Crippen molar-refractivity contribution in [2.75, 3.05) is 53.0 Å². The second-order valence-electron chi connectivity index (χ2n) is 11.8. The maximum Gasteiger partial charge on any atom is 0.422 e. The van der Waals surface area contributed by atoms with E-state index in [-0.39, 0.29) is 85.2 Å². The zero-order valence-corrected chi connectivity index (χ0v) is 29.2. The average Bonchev–Trinajstić information content (AvgIpc) is 3.64. The predicted molar refractivity (Wildman–Crippen MR) is 185 cm³/mol. The highest BCUT2D eigenvalue weighted by Crippen LogP contribution is 2.38. The summed E-state index contributed by atoms with van der Waals surface area (Å²) in [6, 6.07) is 20.3. The van der Waals surface area contributed by atoms with Gasteiger partial charge in [-0.3, -0.25) is 19.7 Å². The molecule has 50 heavy (non-hydrogen) atoms. The van der Waals surface area contributed by atoms with Gasteiger partial charge in [0.1, 0.15) is 0 Å². The van der Waals surface area contributed by atoms with E-state index in [9.17, 15) is 18.0 Å². The van der Waals surface area contributed by atoms with Gasteiger partial charge in [0.05, 0.1) is 31.0 Å². The number of fused-ring (bicyclic) bond motifs is 1. The molecule has 0 radical (unpaired) electrons. The molecule has 4 aromatic rings. The number of halogens is 5. The van der Waals surface area contributed by atoms with E-state index < -0.39 is 12.8 Å². The largest absolute Gasteiger partial charge is 0.481 e. The Kier molecular flexibility index (Phi) is 13.3. The van der Waals surface area contributed by atoms with E-state index in [1.54, 1.807) is 13.1 Å². The molecule has 1 amide bonds. The SMILES string of the molecule is CCOc1nc(OC)c(CN2CC3CN(C(=O)c4cn[nH]c4)CCN3C(C(c3ccccc3)c3ccccc3)C2)c(OCC(F)(F)F)n1.Cl.Cl. The Morgan fingerprint density at radius 3 is 2.18 bits per heavy atom. The maximum absolute atomic E-state index is 13.4. The number of hydrogen-bond donors (Lipinski definition) is 1. The molecule has 0 aliphatic carbocycles. The lowest BCUT2D eigenvalue weighted by Gasteiger charge is -2.53. The van der Waals surface area contributed by atoms with Gasteiger partial charge in [-0.1, -0.05) is 60.7 Å². The molecule has 2 atom stereocenters. The van der Waals surface area contributed by atoms with Crippen LogP contribution in [0.4, 0.5) is 13.2 Å². The van der Waals surface area contributed by atoms with Crippen LogP contribution in [0.2, 0.25) is 0 Å². The smallest absolute Gasteiger partial charge is 0.422 e. The van der Waals surface area contributed by atoms with Gasteiger partial charge in [-0.05, 0) is 18.1 Å². The molecule has 2 unspecified atom stereocenters. The van der Waals surface area contributed by atoms with Crippen molar-refractivity contribution in [1.82, 2.24) is 34.9 Å². The van der Waals surface area contributed by atoms with Crippen LogP contribution in [0.1, 0.15) is 39.9 Å². The fourth-order valence-corrected chi connectivity index (χ4v) is 6.75. The summed E-state index contributed by atoms with van der Waals surface area (Å²) in [6.07, 6.45) is -1.47. The number of carbonyl (C=O) groups excluding carboxylic acids is 1. The third-order valence-corrected chi connectivity index (χ3v) is 8.73. The minimum Gasteiger partial charge on any atom is -0.481 e. The van der Waals surface area contributed by atoms with Crippen LogP contribution in [0.15, 0.2) is 73.1 Å². The Morgan fingerprint density at radius 2 is 1.60 bits per heavy atom. The molecule has 2 aliphatic rings. The van der Waals surface area contributed by atoms with Crippen LogP contribution in [-0.2, 0) is 6.54 Å². The van der Waals surface area contributed by atoms with Crippen LogP contribution in [-0.4, -0.2) is 112 Å². The molecular weight excluding hydrogens is 698 g/mol. The van der Waals surface area contributed by atoms with Gasteiger partial charge >= 0.3 is 12.2 Å². The first-order valence-corrected chi connectivity index (χ1v) is 15.9. The van der Waals surface area contributed by atoms with Gasteiger partial charge in [-0.15, -0.1) is 24.8 Å². The van der Waals surface area contributed by atoms with Gasteiger partial charge in [-0.25, -0.2) is 0 Å². The first-order valence-electron chi connectivity index (χ1n) is 15.9. The number of piperazine rings is 2. The van der Waals surface area contributed by atoms with Gasteiger partial charge < -0.3 is 19.1 Å². The van der Waals surface area contributed by atoms with Crippen molar-refractivity contribution in [3.8, 4) is 17.8 Å². The molecule has 0 bridgehead atoms. The minimum absolute atomic E-state index is 0. The highest BCUT2D eigenvalue weighted by Gasteiger charge is 2.44. The van der Waals surface area contributed by atoms with Gasteiger partial charge in [0, 0.05) is 63.5 Å². The topological polar surface area (TPSA) is 109 Å². The highest BCUT2D eigenvalue weighted by molar-refractivity contribution is 5.93. The maximum atomic E-state index is 13.4. The molecule has 4 heterocycles. The Labute approximate surface area is 300 Å². The second-order valence-corrected chi connectivity index (χ2v) is 11.8. The third-order valence-electron chi connectivity index (χ3n) is 8.73. The van der Waals surface area contributed by atoms with E-state index in [4.69, 9.17) is 14.2 Å². The summed E-state index contributed by atoms with van der Waals surface area (Å²) in [5.74, 6) is -0.310. The first kappa shape index (κ1) is 38.7. The number of nitrogens with zero attached hydrogens (tertiary/aromatic N) is 6. The number of methoxy groups -OCH3 is 1. The van der Waals surface area contributed by atoms with E-state index in [2.05, 4.69) is 54.2 Å². The van der Waals surface area contributed by atoms with Crippen molar-refractivity contribution in [3.63, 3.8) is 0 Å². The van der Waals surface area contributed by atoms with E-state index in [0.717, 1.165) is 11.1 Å². The summed E-state index contributed by atoms with van der Waals surface area (Å²) in [5.41, 5.74) is 3.06. The molecule has 2 aromatic heterocycles. The molecule has 2 saturated heterocycles. The molecule has 2 fully saturated rings. The highest BCUT2D eigenvalue weighted by atomic mass is 35.5. The van der Waals surface area contributed by atoms with E-state index in [1.807, 2.05) is 41.3 Å². The van der Waals surface area contributed by atoms with Crippen molar-refractivity contribution in [3.05, 3.63) is 95.3 Å². The number of alkyl halides is 3. The van der Waals surface area contributed by atoms with Crippen LogP contribution in [0.25, 0.3) is 0 Å². The van der Waals surface area contributed by atoms with E-state index in [0.29, 0.717) is 38.3 Å². The fourth-order valence-electron chi connectivity index (χ4n) is 6.75. The zero-order valence-electron chi connectivity index (χ0n) is 27.6. The van der Waals surface area contributed by atoms with Crippen LogP contribution >= 0.6 is 24.8 Å². The molecule has 16 heteroatoms. The lowest BCUT2D eigenvalue weighted by atomic mass is 9.81. The Morgan fingerprint density at radius 1 is 0.940 bits per heavy atom. The fraction of sp³-hybridized carbons (Fsp3) is 0.412. The number of ether oxygens (including phenoxy) is 3. The van der Waals surface area contributed by atoms with Crippen molar-refractivity contribution >= 4 is 30.7 Å². The Hall–Kier alpha value is -4.11. The normalized spacial score (nSPS) is 18.1. The van der Waals surface area contributed by atoms with Crippen LogP contribution < -0.4 is 14.2 Å². The molecule has 2 aromatic carbocycles. The standard InChI is InChI=1S/C34H38F3N7O4.2ClH/c1-3-47-33-40-30(46-2)27(31(41-33)48-22-34(35,36)37)20-42-18-26-19-43(32(45)25-16-38-39-17-25)14-15-44(26)28(21-42)29(23-10-6-4-7-11-23)24-12-8-5-9-13-24;;/h4-13,16-17,26,28-29H,3,14-15,18-22H2,1-2H3,(H,38,39);2*1H. The molecule has 0 saturated carbocycles. The summed E-state index contributed by atoms with van der Waals surface area (Å²) in [4.78, 5) is 28.4. The quantitative estimate of drug-likeness (QED) is 0.221. The van der Waals surface area contributed by atoms with Crippen LogP contribution in [0, 0.1) is 0 Å². The molecule has 0 spiro atoms. The molecule has 1 N–H and O–H groups in total. The lowest BCUT2D eigenvalue weighted by Crippen LogP contribution is -2.67. The monoisotopic (exact) mass is 737 g/mol. The predicted octanol–water partition coefficient (Wildman–Crippen LogP) is 5.23. The lowest BCUT2D eigenvalue weighted by molar-refractivity contribution is -0.154. The van der Waals surface area contributed by atoms with Gasteiger partial charge in [-0.2, -0.15) is 28.2 Å². The minimum atomic E-state index is -4.58. The molecule has 6 rings (SSSR count). The number of H-pyrrole nitrogens is 1. The number of amides is 1. The number of benzene rings is 2. The van der Waals surface area contributed by atoms with Crippen molar-refractivity contribution < 1.29 is 32.2 Å². The number of carbonyl (C=O) groups is 1. The molecule has 270 valence electrons. The summed E-state index contributed by atoms with van der Waals surface area (Å²) in [7, 11) is 1.40. The number of aromatic amines is 1.